The fourth-order valence-corrected chi connectivity index (χ4v) is 3.43. The van der Waals surface area contributed by atoms with Crippen molar-refractivity contribution in [1.29, 1.82) is 0 Å². The Balaban J connectivity index is 1.86. The van der Waals surface area contributed by atoms with Crippen LogP contribution in [0.3, 0.4) is 0 Å². The predicted molar refractivity (Wildman–Crippen MR) is 95.9 cm³/mol. The lowest BCUT2D eigenvalue weighted by molar-refractivity contribution is -0.144. The number of methoxy groups -OCH3 is 2. The van der Waals surface area contributed by atoms with E-state index in [9.17, 15) is 20.1 Å². The van der Waals surface area contributed by atoms with Gasteiger partial charge in [0.05, 0.1) is 26.7 Å². The van der Waals surface area contributed by atoms with Gasteiger partial charge in [0.25, 0.3) is 0 Å². The number of aliphatic hydroxyl groups excluding tert-OH is 1. The zero-order valence-electron chi connectivity index (χ0n) is 15.1. The Morgan fingerprint density at radius 1 is 1.00 bits per heavy atom. The van der Waals surface area contributed by atoms with E-state index >= 15 is 0 Å². The lowest BCUT2D eigenvalue weighted by atomic mass is 9.84. The van der Waals surface area contributed by atoms with Crippen LogP contribution >= 0.6 is 0 Å². The normalized spacial score (nSPS) is 21.7. The molecule has 7 heteroatoms. The van der Waals surface area contributed by atoms with Crippen molar-refractivity contribution in [2.45, 2.75) is 12.5 Å². The molecule has 3 rings (SSSR count). The molecule has 1 aliphatic rings. The molecule has 7 nitrogen and oxygen atoms in total. The number of benzene rings is 2. The Kier molecular flexibility index (Phi) is 5.41. The topological polar surface area (TPSA) is 105 Å². The van der Waals surface area contributed by atoms with Gasteiger partial charge in [-0.25, -0.2) is 0 Å². The number of phenolic OH excluding ortho intramolecular Hbond substituents is 2. The molecule has 1 aliphatic heterocycles. The smallest absolute Gasteiger partial charge is 0.310 e. The summed E-state index contributed by atoms with van der Waals surface area (Å²) in [6.07, 6.45) is -0.298. The molecule has 1 heterocycles. The van der Waals surface area contributed by atoms with Crippen LogP contribution in [0.1, 0.15) is 17.2 Å². The monoisotopic (exact) mass is 374 g/mol. The molecule has 0 spiro atoms. The molecule has 0 unspecified atom stereocenters. The maximum Gasteiger partial charge on any atom is 0.310 e. The Labute approximate surface area is 156 Å². The maximum atomic E-state index is 12.5. The molecule has 0 saturated carbocycles. The van der Waals surface area contributed by atoms with Crippen LogP contribution in [-0.4, -0.2) is 42.1 Å². The van der Waals surface area contributed by atoms with Crippen molar-refractivity contribution in [3.8, 4) is 23.0 Å². The summed E-state index contributed by atoms with van der Waals surface area (Å²) in [5.41, 5.74) is 1.43. The number of cyclic esters (lactones) is 1. The van der Waals surface area contributed by atoms with Crippen LogP contribution in [0, 0.1) is 11.8 Å². The van der Waals surface area contributed by atoms with E-state index in [1.807, 2.05) is 0 Å². The fraction of sp³-hybridized carbons (Fsp3) is 0.350. The van der Waals surface area contributed by atoms with E-state index in [4.69, 9.17) is 14.2 Å². The number of carbonyl (C=O) groups excluding carboxylic acids is 1. The Hall–Kier alpha value is -2.93. The molecule has 1 fully saturated rings. The summed E-state index contributed by atoms with van der Waals surface area (Å²) in [6.45, 7) is -0.237. The molecule has 0 aliphatic carbocycles. The van der Waals surface area contributed by atoms with Crippen LogP contribution in [0.4, 0.5) is 0 Å². The highest BCUT2D eigenvalue weighted by molar-refractivity contribution is 5.76. The number of hydrogen-bond acceptors (Lipinski definition) is 7. The summed E-state index contributed by atoms with van der Waals surface area (Å²) < 4.78 is 15.8. The van der Waals surface area contributed by atoms with Gasteiger partial charge in [-0.3, -0.25) is 4.79 Å². The predicted octanol–water partition coefficient (Wildman–Crippen LogP) is 2.18. The van der Waals surface area contributed by atoms with Gasteiger partial charge in [0.1, 0.15) is 6.10 Å². The van der Waals surface area contributed by atoms with Crippen LogP contribution in [0.25, 0.3) is 0 Å². The average Bonchev–Trinajstić information content (AvgIpc) is 2.99. The van der Waals surface area contributed by atoms with E-state index in [0.29, 0.717) is 17.7 Å². The van der Waals surface area contributed by atoms with Gasteiger partial charge in [0.15, 0.2) is 23.0 Å². The van der Waals surface area contributed by atoms with Crippen molar-refractivity contribution < 1.29 is 34.3 Å². The summed E-state index contributed by atoms with van der Waals surface area (Å²) in [4.78, 5) is 12.5. The number of hydrogen-bond donors (Lipinski definition) is 3. The van der Waals surface area contributed by atoms with Crippen molar-refractivity contribution in [3.63, 3.8) is 0 Å². The van der Waals surface area contributed by atoms with Gasteiger partial charge in [-0.1, -0.05) is 12.1 Å². The second-order valence-corrected chi connectivity index (χ2v) is 6.45. The SMILES string of the molecule is COc1cc(C[C@@H]2C(=O)O[C@@H](c3ccc(O)c(OC)c3)[C@@H]2CO)ccc1O. The Morgan fingerprint density at radius 2 is 1.63 bits per heavy atom. The van der Waals surface area contributed by atoms with Gasteiger partial charge in [0, 0.05) is 5.92 Å². The quantitative estimate of drug-likeness (QED) is 0.666. The summed E-state index contributed by atoms with van der Waals surface area (Å²) in [7, 11) is 2.89. The second kappa shape index (κ2) is 7.75. The molecule has 2 aromatic carbocycles. The van der Waals surface area contributed by atoms with Crippen molar-refractivity contribution in [2.24, 2.45) is 11.8 Å². The van der Waals surface area contributed by atoms with Gasteiger partial charge < -0.3 is 29.5 Å². The number of rotatable bonds is 6. The molecule has 0 bridgehead atoms. The Bertz CT molecular complexity index is 833. The standard InChI is InChI=1S/C20H22O7/c1-25-17-8-11(3-5-15(17)22)7-13-14(10-21)19(27-20(13)24)12-4-6-16(23)18(9-12)26-2/h3-6,8-9,13-14,19,21-23H,7,10H2,1-2H3/t13-,14+,19-/m0/s1. The lowest BCUT2D eigenvalue weighted by Crippen LogP contribution is -2.23. The molecule has 144 valence electrons. The van der Waals surface area contributed by atoms with E-state index in [0.717, 1.165) is 5.56 Å². The number of ether oxygens (including phenoxy) is 3. The fourth-order valence-electron chi connectivity index (χ4n) is 3.43. The van der Waals surface area contributed by atoms with E-state index in [1.54, 1.807) is 24.3 Å². The van der Waals surface area contributed by atoms with Gasteiger partial charge >= 0.3 is 5.97 Å². The number of phenols is 2. The summed E-state index contributed by atoms with van der Waals surface area (Å²) in [6, 6.07) is 9.58. The average molecular weight is 374 g/mol. The van der Waals surface area contributed by atoms with Crippen LogP contribution in [0.2, 0.25) is 0 Å². The Morgan fingerprint density at radius 3 is 2.26 bits per heavy atom. The van der Waals surface area contributed by atoms with Crippen LogP contribution in [-0.2, 0) is 16.0 Å². The zero-order valence-corrected chi connectivity index (χ0v) is 15.1. The highest BCUT2D eigenvalue weighted by Gasteiger charge is 2.45. The molecular weight excluding hydrogens is 352 g/mol. The molecule has 3 N–H and O–H groups in total. The molecule has 0 amide bonds. The lowest BCUT2D eigenvalue weighted by Gasteiger charge is -2.20. The van der Waals surface area contributed by atoms with Crippen LogP contribution in [0.15, 0.2) is 36.4 Å². The van der Waals surface area contributed by atoms with E-state index in [2.05, 4.69) is 0 Å². The largest absolute Gasteiger partial charge is 0.504 e. The number of carbonyl (C=O) groups is 1. The molecule has 2 aromatic rings. The zero-order chi connectivity index (χ0) is 19.6. The summed E-state index contributed by atoms with van der Waals surface area (Å²) in [5, 5.41) is 29.4. The molecule has 0 aromatic heterocycles. The minimum atomic E-state index is -0.638. The van der Waals surface area contributed by atoms with Crippen molar-refractivity contribution in [3.05, 3.63) is 47.5 Å². The third-order valence-electron chi connectivity index (χ3n) is 4.89. The summed E-state index contributed by atoms with van der Waals surface area (Å²) in [5.74, 6) is -0.813. The van der Waals surface area contributed by atoms with Crippen LogP contribution < -0.4 is 9.47 Å². The number of esters is 1. The first-order chi connectivity index (χ1) is 13.0. The first kappa shape index (κ1) is 18.8. The first-order valence-corrected chi connectivity index (χ1v) is 8.52. The van der Waals surface area contributed by atoms with Crippen molar-refractivity contribution in [1.82, 2.24) is 0 Å². The van der Waals surface area contributed by atoms with Gasteiger partial charge in [-0.05, 0) is 41.8 Å². The minimum absolute atomic E-state index is 0.0149. The maximum absolute atomic E-state index is 12.5. The third kappa shape index (κ3) is 3.64. The van der Waals surface area contributed by atoms with Gasteiger partial charge in [-0.15, -0.1) is 0 Å². The van der Waals surface area contributed by atoms with E-state index in [1.165, 1.54) is 26.4 Å². The number of aliphatic hydroxyl groups is 1. The third-order valence-corrected chi connectivity index (χ3v) is 4.89. The number of aromatic hydroxyl groups is 2. The van der Waals surface area contributed by atoms with Crippen molar-refractivity contribution in [2.75, 3.05) is 20.8 Å². The van der Waals surface area contributed by atoms with E-state index in [-0.39, 0.29) is 23.9 Å². The van der Waals surface area contributed by atoms with Crippen molar-refractivity contribution >= 4 is 5.97 Å². The molecule has 0 radical (unpaired) electrons. The highest BCUT2D eigenvalue weighted by Crippen LogP contribution is 2.43. The molecule has 3 atom stereocenters. The second-order valence-electron chi connectivity index (χ2n) is 6.45. The minimum Gasteiger partial charge on any atom is -0.504 e. The summed E-state index contributed by atoms with van der Waals surface area (Å²) >= 11 is 0. The van der Waals surface area contributed by atoms with Gasteiger partial charge in [0.2, 0.25) is 0 Å². The molecule has 1 saturated heterocycles. The molecule has 27 heavy (non-hydrogen) atoms. The highest BCUT2D eigenvalue weighted by atomic mass is 16.6. The molecular formula is C20H22O7. The first-order valence-electron chi connectivity index (χ1n) is 8.52. The van der Waals surface area contributed by atoms with E-state index < -0.39 is 23.9 Å². The van der Waals surface area contributed by atoms with Gasteiger partial charge in [-0.2, -0.15) is 0 Å². The van der Waals surface area contributed by atoms with Crippen LogP contribution in [0.5, 0.6) is 23.0 Å².